The Balaban J connectivity index is 1.67. The number of halogens is 1. The van der Waals surface area contributed by atoms with Gasteiger partial charge in [0.05, 0.1) is 17.8 Å². The fourth-order valence-corrected chi connectivity index (χ4v) is 3.26. The molecule has 0 unspecified atom stereocenters. The van der Waals surface area contributed by atoms with E-state index in [0.29, 0.717) is 32.9 Å². The van der Waals surface area contributed by atoms with Crippen LogP contribution in [0.2, 0.25) is 5.02 Å². The summed E-state index contributed by atoms with van der Waals surface area (Å²) >= 11 is 7.28. The van der Waals surface area contributed by atoms with E-state index in [1.54, 1.807) is 54.0 Å². The second kappa shape index (κ2) is 10.9. The summed E-state index contributed by atoms with van der Waals surface area (Å²) in [6, 6.07) is 13.5. The summed E-state index contributed by atoms with van der Waals surface area (Å²) in [5.74, 6) is -0.306. The van der Waals surface area contributed by atoms with Gasteiger partial charge in [0.2, 0.25) is 0 Å². The van der Waals surface area contributed by atoms with E-state index in [1.165, 1.54) is 24.5 Å². The summed E-state index contributed by atoms with van der Waals surface area (Å²) in [6.45, 7) is -0.267. The lowest BCUT2D eigenvalue weighted by Gasteiger charge is -2.12. The first-order chi connectivity index (χ1) is 15.5. The molecule has 3 rings (SSSR count). The quantitative estimate of drug-likeness (QED) is 0.375. The molecule has 0 fully saturated rings. The number of para-hydroxylation sites is 1. The Morgan fingerprint density at radius 3 is 2.72 bits per heavy atom. The van der Waals surface area contributed by atoms with Crippen molar-refractivity contribution < 1.29 is 19.1 Å². The number of thiazole rings is 1. The Bertz CT molecular complexity index is 1190. The van der Waals surface area contributed by atoms with E-state index in [9.17, 15) is 14.9 Å². The molecule has 0 atom stereocenters. The zero-order valence-corrected chi connectivity index (χ0v) is 18.4. The lowest BCUT2D eigenvalue weighted by molar-refractivity contribution is -0.118. The van der Waals surface area contributed by atoms with E-state index in [1.807, 2.05) is 6.07 Å². The first-order valence-electron chi connectivity index (χ1n) is 9.18. The summed E-state index contributed by atoms with van der Waals surface area (Å²) in [5.41, 5.74) is 0.922. The summed E-state index contributed by atoms with van der Waals surface area (Å²) in [7, 11) is 1.44. The van der Waals surface area contributed by atoms with Crippen LogP contribution in [0.15, 0.2) is 59.6 Å². The number of ether oxygens (including phenoxy) is 2. The van der Waals surface area contributed by atoms with Crippen LogP contribution >= 0.6 is 22.9 Å². The predicted molar refractivity (Wildman–Crippen MR) is 123 cm³/mol. The van der Waals surface area contributed by atoms with Crippen LogP contribution in [-0.4, -0.2) is 30.5 Å². The van der Waals surface area contributed by atoms with Crippen molar-refractivity contribution in [3.8, 4) is 17.6 Å². The molecule has 0 aliphatic carbocycles. The molecule has 0 saturated carbocycles. The van der Waals surface area contributed by atoms with Crippen molar-refractivity contribution >= 4 is 51.6 Å². The number of benzene rings is 2. The molecule has 2 N–H and O–H groups in total. The van der Waals surface area contributed by atoms with Gasteiger partial charge in [-0.1, -0.05) is 29.8 Å². The molecule has 0 aliphatic heterocycles. The Hall–Kier alpha value is -3.87. The highest BCUT2D eigenvalue weighted by Crippen LogP contribution is 2.29. The van der Waals surface area contributed by atoms with Crippen LogP contribution in [0.1, 0.15) is 5.56 Å². The third-order valence-corrected chi connectivity index (χ3v) is 5.04. The molecule has 0 bridgehead atoms. The van der Waals surface area contributed by atoms with E-state index >= 15 is 0 Å². The minimum absolute atomic E-state index is 0.102. The van der Waals surface area contributed by atoms with Crippen LogP contribution in [0.3, 0.4) is 0 Å². The Labute approximate surface area is 193 Å². The molecule has 2 amide bonds. The minimum atomic E-state index is -0.571. The predicted octanol–water partition coefficient (Wildman–Crippen LogP) is 4.37. The number of aromatic nitrogens is 1. The number of nitrogens with one attached hydrogen (secondary N) is 2. The van der Waals surface area contributed by atoms with E-state index in [-0.39, 0.29) is 12.2 Å². The van der Waals surface area contributed by atoms with Gasteiger partial charge in [-0.05, 0) is 35.9 Å². The molecule has 8 nitrogen and oxygen atoms in total. The monoisotopic (exact) mass is 468 g/mol. The van der Waals surface area contributed by atoms with Crippen LogP contribution in [0.4, 0.5) is 10.8 Å². The summed E-state index contributed by atoms with van der Waals surface area (Å²) in [4.78, 5) is 28.4. The summed E-state index contributed by atoms with van der Waals surface area (Å²) < 4.78 is 10.9. The fourth-order valence-electron chi connectivity index (χ4n) is 2.55. The van der Waals surface area contributed by atoms with Crippen LogP contribution in [0, 0.1) is 11.3 Å². The smallest absolute Gasteiger partial charge is 0.268 e. The van der Waals surface area contributed by atoms with Gasteiger partial charge in [0.15, 0.2) is 23.2 Å². The van der Waals surface area contributed by atoms with Gasteiger partial charge in [-0.3, -0.25) is 14.9 Å². The van der Waals surface area contributed by atoms with Crippen LogP contribution < -0.4 is 20.1 Å². The number of nitrogens with zero attached hydrogens (tertiary/aromatic N) is 2. The van der Waals surface area contributed by atoms with Gasteiger partial charge in [0.1, 0.15) is 11.6 Å². The highest BCUT2D eigenvalue weighted by atomic mass is 35.5. The average Bonchev–Trinajstić information content (AvgIpc) is 3.30. The van der Waals surface area contributed by atoms with Crippen LogP contribution in [0.5, 0.6) is 11.5 Å². The number of hydrogen-bond donors (Lipinski definition) is 2. The van der Waals surface area contributed by atoms with E-state index in [4.69, 9.17) is 21.1 Å². The molecule has 0 saturated heterocycles. The Morgan fingerprint density at radius 1 is 1.22 bits per heavy atom. The zero-order valence-electron chi connectivity index (χ0n) is 16.8. The summed E-state index contributed by atoms with van der Waals surface area (Å²) in [5, 5.41) is 17.1. The van der Waals surface area contributed by atoms with Gasteiger partial charge in [0, 0.05) is 11.6 Å². The van der Waals surface area contributed by atoms with Gasteiger partial charge in [-0.2, -0.15) is 5.26 Å². The number of nitriles is 1. The van der Waals surface area contributed by atoms with Gasteiger partial charge in [0.25, 0.3) is 11.8 Å². The maximum atomic E-state index is 12.3. The van der Waals surface area contributed by atoms with Crippen LogP contribution in [-0.2, 0) is 9.59 Å². The maximum absolute atomic E-state index is 12.3. The second-order valence-electron chi connectivity index (χ2n) is 6.19. The molecule has 1 heterocycles. The third-order valence-electron chi connectivity index (χ3n) is 4.02. The molecular formula is C22H17ClN4O4S. The van der Waals surface area contributed by atoms with Crippen molar-refractivity contribution in [1.29, 1.82) is 5.26 Å². The van der Waals surface area contributed by atoms with Crippen molar-refractivity contribution in [2.75, 3.05) is 24.4 Å². The highest BCUT2D eigenvalue weighted by Gasteiger charge is 2.13. The summed E-state index contributed by atoms with van der Waals surface area (Å²) in [6.07, 6.45) is 2.97. The molecule has 0 radical (unpaired) electrons. The highest BCUT2D eigenvalue weighted by molar-refractivity contribution is 7.13. The van der Waals surface area contributed by atoms with E-state index in [0.717, 1.165) is 0 Å². The SMILES string of the molecule is COc1cc(/C=C(\C#N)C(=O)Nc2nccs2)ccc1OCC(=O)Nc1ccccc1Cl. The number of amides is 2. The fraction of sp³-hybridized carbons (Fsp3) is 0.0909. The molecular weight excluding hydrogens is 452 g/mol. The number of hydrogen-bond acceptors (Lipinski definition) is 7. The Morgan fingerprint density at radius 2 is 2.03 bits per heavy atom. The number of carbonyl (C=O) groups is 2. The van der Waals surface area contributed by atoms with Gasteiger partial charge < -0.3 is 14.8 Å². The molecule has 2 aromatic carbocycles. The Kier molecular flexibility index (Phi) is 7.80. The van der Waals surface area contributed by atoms with E-state index < -0.39 is 11.8 Å². The molecule has 32 heavy (non-hydrogen) atoms. The molecule has 0 spiro atoms. The largest absolute Gasteiger partial charge is 0.493 e. The lowest BCUT2D eigenvalue weighted by atomic mass is 10.1. The van der Waals surface area contributed by atoms with Crippen molar-refractivity contribution in [1.82, 2.24) is 4.98 Å². The second-order valence-corrected chi connectivity index (χ2v) is 7.49. The van der Waals surface area contributed by atoms with Crippen LogP contribution in [0.25, 0.3) is 6.08 Å². The zero-order chi connectivity index (χ0) is 22.9. The number of carbonyl (C=O) groups excluding carboxylic acids is 2. The maximum Gasteiger partial charge on any atom is 0.268 e. The molecule has 3 aromatic rings. The van der Waals surface area contributed by atoms with Gasteiger partial charge in [-0.25, -0.2) is 4.98 Å². The molecule has 0 aliphatic rings. The first-order valence-corrected chi connectivity index (χ1v) is 10.4. The minimum Gasteiger partial charge on any atom is -0.493 e. The van der Waals surface area contributed by atoms with Crippen molar-refractivity contribution in [3.63, 3.8) is 0 Å². The molecule has 1 aromatic heterocycles. The normalized spacial score (nSPS) is 10.7. The first kappa shape index (κ1) is 22.8. The van der Waals surface area contributed by atoms with E-state index in [2.05, 4.69) is 15.6 Å². The molecule has 10 heteroatoms. The van der Waals surface area contributed by atoms with Crippen molar-refractivity contribution in [2.24, 2.45) is 0 Å². The van der Waals surface area contributed by atoms with Crippen molar-refractivity contribution in [3.05, 3.63) is 70.2 Å². The number of rotatable bonds is 8. The van der Waals surface area contributed by atoms with Gasteiger partial charge >= 0.3 is 0 Å². The van der Waals surface area contributed by atoms with Gasteiger partial charge in [-0.15, -0.1) is 11.3 Å². The lowest BCUT2D eigenvalue weighted by Crippen LogP contribution is -2.20. The number of methoxy groups -OCH3 is 1. The van der Waals surface area contributed by atoms with Crippen molar-refractivity contribution in [2.45, 2.75) is 0 Å². The molecule has 162 valence electrons. The average molecular weight is 469 g/mol. The topological polar surface area (TPSA) is 113 Å². The third kappa shape index (κ3) is 6.07. The number of anilines is 2. The standard InChI is InChI=1S/C22H17ClN4O4S/c1-30-19-11-14(10-15(12-24)21(29)27-22-25-8-9-32-22)6-7-18(19)31-13-20(28)26-17-5-3-2-4-16(17)23/h2-11H,13H2,1H3,(H,26,28)(H,25,27,29)/b15-10+.